The van der Waals surface area contributed by atoms with Crippen molar-refractivity contribution in [3.05, 3.63) is 125 Å². The van der Waals surface area contributed by atoms with Gasteiger partial charge < -0.3 is 44.7 Å². The first-order chi connectivity index (χ1) is 39.7. The number of rotatable bonds is 14. The monoisotopic (exact) mass is 1300 g/mol. The molecule has 0 radical (unpaired) electrons. The van der Waals surface area contributed by atoms with E-state index in [0.29, 0.717) is 84.0 Å². The molecule has 5 amide bonds. The van der Waals surface area contributed by atoms with Crippen molar-refractivity contribution in [2.75, 3.05) is 115 Å². The summed E-state index contributed by atoms with van der Waals surface area (Å²) in [5, 5.41) is 13.5. The van der Waals surface area contributed by atoms with E-state index in [2.05, 4.69) is 47.0 Å². The van der Waals surface area contributed by atoms with Gasteiger partial charge in [0.2, 0.25) is 23.6 Å². The zero-order chi connectivity index (χ0) is 59.6. The third kappa shape index (κ3) is 16.4. The summed E-state index contributed by atoms with van der Waals surface area (Å²) in [5.41, 5.74) is 6.80. The van der Waals surface area contributed by atoms with E-state index in [1.165, 1.54) is 13.1 Å². The van der Waals surface area contributed by atoms with E-state index in [1.807, 2.05) is 113 Å². The van der Waals surface area contributed by atoms with Crippen LogP contribution in [0.25, 0.3) is 0 Å². The van der Waals surface area contributed by atoms with E-state index < -0.39 is 5.97 Å². The van der Waals surface area contributed by atoms with Crippen LogP contribution in [0.4, 0.5) is 11.4 Å². The molecule has 0 saturated carbocycles. The SMILES string of the molecule is CC(=O)N1CCC(C(=O)N(CCCN2CC3CN(C(=O)c4cccc(C)c4Br)CC3C2)c2ccc(C)c(Cl)c2)CC1.CC(=O)N1CCC(C(=O)N(CCCN2CC3CNCC3C2)c2ccc(C)c(Cl)c2)CC1.Cc1cccc(C(=O)O)c1Br. The highest BCUT2D eigenvalue weighted by atomic mass is 79.9. The molecule has 19 heteroatoms. The van der Waals surface area contributed by atoms with Crippen LogP contribution in [0.5, 0.6) is 0 Å². The van der Waals surface area contributed by atoms with Crippen LogP contribution in [0.1, 0.15) is 95.3 Å². The van der Waals surface area contributed by atoms with E-state index in [-0.39, 0.29) is 41.4 Å². The van der Waals surface area contributed by atoms with Crippen LogP contribution in [0.3, 0.4) is 0 Å². The van der Waals surface area contributed by atoms with Gasteiger partial charge in [0, 0.05) is 135 Å². The average molecular weight is 1310 g/mol. The van der Waals surface area contributed by atoms with Crippen molar-refractivity contribution in [1.29, 1.82) is 0 Å². The Bertz CT molecular complexity index is 2960. The number of aryl methyl sites for hydroxylation is 4. The minimum atomic E-state index is -0.902. The van der Waals surface area contributed by atoms with Gasteiger partial charge >= 0.3 is 5.97 Å². The summed E-state index contributed by atoms with van der Waals surface area (Å²) < 4.78 is 1.55. The van der Waals surface area contributed by atoms with Gasteiger partial charge in [0.15, 0.2) is 0 Å². The van der Waals surface area contributed by atoms with Crippen molar-refractivity contribution in [1.82, 2.24) is 29.8 Å². The van der Waals surface area contributed by atoms with Gasteiger partial charge in [-0.15, -0.1) is 0 Å². The highest BCUT2D eigenvalue weighted by molar-refractivity contribution is 9.11. The third-order valence-corrected chi connectivity index (χ3v) is 20.8. The maximum Gasteiger partial charge on any atom is 0.336 e. The summed E-state index contributed by atoms with van der Waals surface area (Å²) in [6, 6.07) is 22.8. The molecule has 4 unspecified atom stereocenters. The number of nitrogens with zero attached hydrogens (tertiary/aromatic N) is 7. The van der Waals surface area contributed by atoms with Crippen LogP contribution in [0, 0.1) is 63.2 Å². The lowest BCUT2D eigenvalue weighted by atomic mass is 9.94. The first-order valence-corrected chi connectivity index (χ1v) is 31.9. The van der Waals surface area contributed by atoms with Gasteiger partial charge in [-0.3, -0.25) is 24.0 Å². The zero-order valence-electron chi connectivity index (χ0n) is 49.0. The quantitative estimate of drug-likeness (QED) is 0.125. The van der Waals surface area contributed by atoms with Gasteiger partial charge in [-0.1, -0.05) is 59.6 Å². The number of hydrogen-bond donors (Lipinski definition) is 2. The molecule has 6 fully saturated rings. The van der Waals surface area contributed by atoms with Crippen molar-refractivity contribution in [2.45, 2.75) is 80.1 Å². The molecular formula is C64H82Br2Cl2N8O7. The maximum atomic E-state index is 13.7. The van der Waals surface area contributed by atoms with E-state index >= 15 is 0 Å². The van der Waals surface area contributed by atoms with Crippen molar-refractivity contribution in [3.63, 3.8) is 0 Å². The Morgan fingerprint density at radius 3 is 1.33 bits per heavy atom. The Kier molecular flexibility index (Phi) is 22.8. The molecule has 4 aromatic carbocycles. The fourth-order valence-corrected chi connectivity index (χ4v) is 14.0. The van der Waals surface area contributed by atoms with Crippen LogP contribution in [-0.2, 0) is 19.2 Å². The molecule has 0 bridgehead atoms. The molecular weight excluding hydrogens is 1220 g/mol. The summed E-state index contributed by atoms with van der Waals surface area (Å²) in [5.74, 6) is 2.12. The summed E-state index contributed by atoms with van der Waals surface area (Å²) in [4.78, 5) is 89.0. The number of piperidine rings is 2. The van der Waals surface area contributed by atoms with Crippen molar-refractivity contribution in [2.24, 2.45) is 35.5 Å². The zero-order valence-corrected chi connectivity index (χ0v) is 53.7. The smallest absolute Gasteiger partial charge is 0.336 e. The lowest BCUT2D eigenvalue weighted by Gasteiger charge is -2.34. The molecule has 15 nitrogen and oxygen atoms in total. The van der Waals surface area contributed by atoms with Gasteiger partial charge in [0.1, 0.15) is 0 Å². The number of aromatic carboxylic acids is 1. The number of carbonyl (C=O) groups is 6. The van der Waals surface area contributed by atoms with Crippen LogP contribution < -0.4 is 15.1 Å². The lowest BCUT2D eigenvalue weighted by Crippen LogP contribution is -2.44. The predicted molar refractivity (Wildman–Crippen MR) is 337 cm³/mol. The second-order valence-electron chi connectivity index (χ2n) is 23.7. The maximum absolute atomic E-state index is 13.7. The highest BCUT2D eigenvalue weighted by Gasteiger charge is 2.42. The molecule has 2 N–H and O–H groups in total. The fourth-order valence-electron chi connectivity index (χ4n) is 12.8. The molecule has 10 rings (SSSR count). The highest BCUT2D eigenvalue weighted by Crippen LogP contribution is 2.35. The Balaban J connectivity index is 0.000000188. The molecule has 0 aliphatic carbocycles. The van der Waals surface area contributed by atoms with Crippen LogP contribution in [0.15, 0.2) is 81.7 Å². The number of carboxylic acid groups (broad SMARTS) is 1. The number of amides is 5. The molecule has 6 saturated heterocycles. The second-order valence-corrected chi connectivity index (χ2v) is 26.1. The molecule has 6 heterocycles. The number of carbonyl (C=O) groups excluding carboxylic acids is 5. The molecule has 448 valence electrons. The molecule has 4 atom stereocenters. The molecule has 0 spiro atoms. The number of likely N-dealkylation sites (tertiary alicyclic amines) is 5. The molecule has 83 heavy (non-hydrogen) atoms. The van der Waals surface area contributed by atoms with Gasteiger partial charge in [0.05, 0.1) is 11.1 Å². The Hall–Kier alpha value is -4.88. The molecule has 6 aliphatic heterocycles. The van der Waals surface area contributed by atoms with Crippen molar-refractivity contribution in [3.8, 4) is 0 Å². The largest absolute Gasteiger partial charge is 0.478 e. The molecule has 4 aromatic rings. The van der Waals surface area contributed by atoms with Crippen LogP contribution in [-0.4, -0.2) is 170 Å². The summed E-state index contributed by atoms with van der Waals surface area (Å²) in [7, 11) is 0. The van der Waals surface area contributed by atoms with Crippen molar-refractivity contribution < 1.29 is 33.9 Å². The fraction of sp³-hybridized carbons (Fsp3) is 0.531. The van der Waals surface area contributed by atoms with E-state index in [1.54, 1.807) is 26.0 Å². The normalized spacial score (nSPS) is 20.9. The minimum absolute atomic E-state index is 0.0344. The second kappa shape index (κ2) is 29.5. The van der Waals surface area contributed by atoms with Crippen LogP contribution >= 0.6 is 55.1 Å². The number of anilines is 2. The first-order valence-electron chi connectivity index (χ1n) is 29.5. The number of benzene rings is 4. The summed E-state index contributed by atoms with van der Waals surface area (Å²) in [6.07, 6.45) is 4.67. The van der Waals surface area contributed by atoms with Gasteiger partial charge in [-0.2, -0.15) is 0 Å². The number of carboxylic acids is 1. The number of fused-ring (bicyclic) bond motifs is 2. The van der Waals surface area contributed by atoms with Crippen molar-refractivity contribution >= 4 is 102 Å². The molecule has 0 aromatic heterocycles. The topological polar surface area (TPSA) is 157 Å². The lowest BCUT2D eigenvalue weighted by molar-refractivity contribution is -0.133. The number of halogens is 4. The Labute approximate surface area is 517 Å². The molecule has 6 aliphatic rings. The summed E-state index contributed by atoms with van der Waals surface area (Å²) >= 11 is 19.7. The Morgan fingerprint density at radius 2 is 0.940 bits per heavy atom. The van der Waals surface area contributed by atoms with E-state index in [4.69, 9.17) is 28.3 Å². The number of nitrogens with one attached hydrogen (secondary N) is 1. The minimum Gasteiger partial charge on any atom is -0.478 e. The average Bonchev–Trinajstić information content (AvgIpc) is 4.44. The van der Waals surface area contributed by atoms with Gasteiger partial charge in [-0.25, -0.2) is 4.79 Å². The van der Waals surface area contributed by atoms with E-state index in [9.17, 15) is 28.8 Å². The Morgan fingerprint density at radius 1 is 0.542 bits per heavy atom. The van der Waals surface area contributed by atoms with E-state index in [0.717, 1.165) is 134 Å². The summed E-state index contributed by atoms with van der Waals surface area (Å²) in [6.45, 7) is 25.1. The third-order valence-electron chi connectivity index (χ3n) is 17.9. The predicted octanol–water partition coefficient (Wildman–Crippen LogP) is 10.6. The van der Waals surface area contributed by atoms with Crippen LogP contribution in [0.2, 0.25) is 10.0 Å². The first kappa shape index (κ1) is 64.1. The number of hydrogen-bond acceptors (Lipinski definition) is 9. The standard InChI is InChI=1S/C32H40BrClN4O3.C24H35ClN4O2.C8H7BrO2/c1-21-8-9-27(16-29(21)34)38(31(40)24-10-14-36(15-11-24)23(3)39)13-5-12-35-17-25-19-37(20-26(25)18-35)32(41)28-7-4-6-22(2)30(28)33;1-17-4-5-22(12-23(17)25)29(24(31)19-6-10-28(11-7-19)18(2)30)9-3-8-27-15-20-13-26-14-21(20)16-27;1-5-3-2-4-6(7(5)9)8(10)11/h4,6-9,16,24-26H,5,10-15,17-20H2,1-3H3;4-5,12,19-21,26H,3,6-11,13-16H2,1-2H3;2-4H,1H3,(H,10,11). The van der Waals surface area contributed by atoms with Gasteiger partial charge in [0.25, 0.3) is 5.91 Å². The van der Waals surface area contributed by atoms with Gasteiger partial charge in [-0.05, 0) is 207 Å².